The lowest BCUT2D eigenvalue weighted by Gasteiger charge is -1.93. The topological polar surface area (TPSA) is 115 Å². The number of carboxylic acid groups (broad SMARTS) is 1. The molecule has 0 saturated carbocycles. The van der Waals surface area contributed by atoms with Crippen molar-refractivity contribution in [2.24, 2.45) is 0 Å². The number of nitrogen functional groups attached to an aromatic ring is 2. The predicted octanol–water partition coefficient (Wildman–Crippen LogP) is 0.274. The minimum Gasteiger partial charge on any atom is -0.475 e. The fourth-order valence-corrected chi connectivity index (χ4v) is 0.388. The summed E-state index contributed by atoms with van der Waals surface area (Å²) in [6.07, 6.45) is -3.57. The first-order chi connectivity index (χ1) is 6.73. The highest BCUT2D eigenvalue weighted by molar-refractivity contribution is 5.73. The van der Waals surface area contributed by atoms with Crippen molar-refractivity contribution >= 4 is 17.7 Å². The Morgan fingerprint density at radius 2 is 1.87 bits per heavy atom. The summed E-state index contributed by atoms with van der Waals surface area (Å²) in [5, 5.41) is 7.12. The Kier molecular flexibility index (Phi) is 4.30. The second-order valence-corrected chi connectivity index (χ2v) is 2.14. The third kappa shape index (κ3) is 6.07. The van der Waals surface area contributed by atoms with Gasteiger partial charge in [-0.25, -0.2) is 9.78 Å². The Balaban J connectivity index is 0.000000265. The highest BCUT2D eigenvalue weighted by Gasteiger charge is 2.38. The SMILES string of the molecule is Nc1ccnc(N)n1.O=C(O)C(F)(F)F. The summed E-state index contributed by atoms with van der Waals surface area (Å²) in [6, 6.07) is 1.58. The summed E-state index contributed by atoms with van der Waals surface area (Å²) in [6.45, 7) is 0. The highest BCUT2D eigenvalue weighted by atomic mass is 19.4. The van der Waals surface area contributed by atoms with Gasteiger partial charge in [-0.3, -0.25) is 0 Å². The van der Waals surface area contributed by atoms with E-state index in [9.17, 15) is 13.2 Å². The molecular weight excluding hydrogens is 217 g/mol. The van der Waals surface area contributed by atoms with E-state index in [1.165, 1.54) is 6.20 Å². The normalized spacial score (nSPS) is 10.1. The van der Waals surface area contributed by atoms with Gasteiger partial charge in [0.25, 0.3) is 0 Å². The zero-order valence-corrected chi connectivity index (χ0v) is 7.19. The number of aromatic nitrogens is 2. The molecule has 0 aliphatic rings. The van der Waals surface area contributed by atoms with Gasteiger partial charge >= 0.3 is 12.1 Å². The van der Waals surface area contributed by atoms with Crippen LogP contribution in [0.3, 0.4) is 0 Å². The predicted molar refractivity (Wildman–Crippen MR) is 44.5 cm³/mol. The maximum atomic E-state index is 10.6. The molecule has 9 heteroatoms. The Morgan fingerprint density at radius 3 is 2.07 bits per heavy atom. The molecule has 1 aromatic heterocycles. The summed E-state index contributed by atoms with van der Waals surface area (Å²) >= 11 is 0. The first-order valence-electron chi connectivity index (χ1n) is 3.37. The standard InChI is InChI=1S/C4H6N4.C2HF3O2/c5-3-1-2-7-4(6)8-3;3-2(4,5)1(6)7/h1-2H,(H4,5,6,7,8);(H,6,7). The van der Waals surface area contributed by atoms with Gasteiger partial charge in [0.1, 0.15) is 5.82 Å². The van der Waals surface area contributed by atoms with Crippen molar-refractivity contribution in [1.82, 2.24) is 9.97 Å². The quantitative estimate of drug-likeness (QED) is 0.582. The van der Waals surface area contributed by atoms with Gasteiger partial charge in [-0.15, -0.1) is 0 Å². The van der Waals surface area contributed by atoms with Crippen molar-refractivity contribution in [2.75, 3.05) is 11.5 Å². The molecule has 0 radical (unpaired) electrons. The van der Waals surface area contributed by atoms with Gasteiger partial charge in [0, 0.05) is 6.20 Å². The minimum atomic E-state index is -5.08. The zero-order chi connectivity index (χ0) is 12.1. The number of nitrogens with two attached hydrogens (primary N) is 2. The number of anilines is 2. The van der Waals surface area contributed by atoms with E-state index < -0.39 is 12.1 Å². The molecule has 6 nitrogen and oxygen atoms in total. The Labute approximate surface area is 81.7 Å². The molecule has 1 aromatic rings. The van der Waals surface area contributed by atoms with Crippen LogP contribution in [0, 0.1) is 0 Å². The van der Waals surface area contributed by atoms with E-state index in [2.05, 4.69) is 9.97 Å². The van der Waals surface area contributed by atoms with Crippen molar-refractivity contribution < 1.29 is 23.1 Å². The monoisotopic (exact) mass is 224 g/mol. The van der Waals surface area contributed by atoms with Crippen LogP contribution in [0.5, 0.6) is 0 Å². The maximum absolute atomic E-state index is 10.6. The molecule has 0 saturated heterocycles. The molecule has 0 aliphatic heterocycles. The van der Waals surface area contributed by atoms with Crippen LogP contribution in [0.1, 0.15) is 0 Å². The molecule has 0 aliphatic carbocycles. The van der Waals surface area contributed by atoms with E-state index in [0.717, 1.165) is 0 Å². The second-order valence-electron chi connectivity index (χ2n) is 2.14. The molecule has 5 N–H and O–H groups in total. The molecule has 0 unspecified atom stereocenters. The molecule has 0 bridgehead atoms. The van der Waals surface area contributed by atoms with E-state index in [1.54, 1.807) is 6.07 Å². The zero-order valence-electron chi connectivity index (χ0n) is 7.19. The molecular formula is C6H7F3N4O2. The number of hydrogen-bond donors (Lipinski definition) is 3. The van der Waals surface area contributed by atoms with Crippen LogP contribution in [0.15, 0.2) is 12.3 Å². The van der Waals surface area contributed by atoms with E-state index in [1.807, 2.05) is 0 Å². The first-order valence-corrected chi connectivity index (χ1v) is 3.37. The molecule has 15 heavy (non-hydrogen) atoms. The van der Waals surface area contributed by atoms with Gasteiger partial charge in [0.15, 0.2) is 0 Å². The fourth-order valence-electron chi connectivity index (χ4n) is 0.388. The average Bonchev–Trinajstić information content (AvgIpc) is 2.02. The van der Waals surface area contributed by atoms with Gasteiger partial charge in [0.2, 0.25) is 5.95 Å². The molecule has 1 heterocycles. The van der Waals surface area contributed by atoms with Crippen LogP contribution >= 0.6 is 0 Å². The lowest BCUT2D eigenvalue weighted by molar-refractivity contribution is -0.192. The number of hydrogen-bond acceptors (Lipinski definition) is 5. The summed E-state index contributed by atoms with van der Waals surface area (Å²) in [5.41, 5.74) is 10.4. The minimum absolute atomic E-state index is 0.213. The fraction of sp³-hybridized carbons (Fsp3) is 0.167. The molecule has 0 atom stereocenters. The summed E-state index contributed by atoms with van der Waals surface area (Å²) in [7, 11) is 0. The second kappa shape index (κ2) is 4.98. The van der Waals surface area contributed by atoms with Gasteiger partial charge in [-0.2, -0.15) is 18.2 Å². The van der Waals surface area contributed by atoms with E-state index in [4.69, 9.17) is 21.4 Å². The molecule has 1 rings (SSSR count). The van der Waals surface area contributed by atoms with Crippen LogP contribution in [-0.4, -0.2) is 27.2 Å². The highest BCUT2D eigenvalue weighted by Crippen LogP contribution is 2.13. The molecule has 84 valence electrons. The number of carbonyl (C=O) groups is 1. The smallest absolute Gasteiger partial charge is 0.475 e. The molecule has 0 spiro atoms. The first kappa shape index (κ1) is 12.9. The number of aliphatic carboxylic acids is 1. The Hall–Kier alpha value is -2.06. The van der Waals surface area contributed by atoms with E-state index in [-0.39, 0.29) is 5.95 Å². The average molecular weight is 224 g/mol. The number of carboxylic acids is 1. The van der Waals surface area contributed by atoms with Gasteiger partial charge in [-0.1, -0.05) is 0 Å². The van der Waals surface area contributed by atoms with Crippen molar-refractivity contribution in [2.45, 2.75) is 6.18 Å². The number of halogens is 3. The molecule has 0 fully saturated rings. The van der Waals surface area contributed by atoms with Gasteiger partial charge in [-0.05, 0) is 6.07 Å². The summed E-state index contributed by atoms with van der Waals surface area (Å²) < 4.78 is 31.7. The lowest BCUT2D eigenvalue weighted by atomic mass is 10.6. The summed E-state index contributed by atoms with van der Waals surface area (Å²) in [5.74, 6) is -2.14. The Bertz CT molecular complexity index is 324. The van der Waals surface area contributed by atoms with Gasteiger partial charge in [0.05, 0.1) is 0 Å². The Morgan fingerprint density at radius 1 is 1.40 bits per heavy atom. The van der Waals surface area contributed by atoms with Crippen LogP contribution in [0.2, 0.25) is 0 Å². The molecule has 0 aromatic carbocycles. The van der Waals surface area contributed by atoms with Gasteiger partial charge < -0.3 is 16.6 Å². The summed E-state index contributed by atoms with van der Waals surface area (Å²) in [4.78, 5) is 16.1. The number of nitrogens with zero attached hydrogens (tertiary/aromatic N) is 2. The third-order valence-electron chi connectivity index (χ3n) is 0.938. The van der Waals surface area contributed by atoms with Crippen LogP contribution in [0.4, 0.5) is 24.9 Å². The lowest BCUT2D eigenvalue weighted by Crippen LogP contribution is -2.21. The van der Waals surface area contributed by atoms with E-state index in [0.29, 0.717) is 5.82 Å². The van der Waals surface area contributed by atoms with Crippen LogP contribution < -0.4 is 11.5 Å². The van der Waals surface area contributed by atoms with Crippen LogP contribution in [0.25, 0.3) is 0 Å². The van der Waals surface area contributed by atoms with Crippen molar-refractivity contribution in [3.8, 4) is 0 Å². The van der Waals surface area contributed by atoms with E-state index >= 15 is 0 Å². The van der Waals surface area contributed by atoms with Crippen molar-refractivity contribution in [3.63, 3.8) is 0 Å². The van der Waals surface area contributed by atoms with Crippen molar-refractivity contribution in [1.29, 1.82) is 0 Å². The third-order valence-corrected chi connectivity index (χ3v) is 0.938. The molecule has 0 amide bonds. The largest absolute Gasteiger partial charge is 0.490 e. The number of alkyl halides is 3. The number of rotatable bonds is 0. The van der Waals surface area contributed by atoms with Crippen molar-refractivity contribution in [3.05, 3.63) is 12.3 Å². The van der Waals surface area contributed by atoms with Crippen LogP contribution in [-0.2, 0) is 4.79 Å². The maximum Gasteiger partial charge on any atom is 0.490 e.